The molecule has 114 valence electrons. The van der Waals surface area contributed by atoms with Crippen LogP contribution in [0.1, 0.15) is 25.5 Å². The molecule has 0 saturated heterocycles. The number of hydrogen-bond acceptors (Lipinski definition) is 2. The van der Waals surface area contributed by atoms with Crippen molar-refractivity contribution in [1.29, 1.82) is 0 Å². The highest BCUT2D eigenvalue weighted by atomic mass is 35.5. The lowest BCUT2D eigenvalue weighted by Gasteiger charge is -2.19. The van der Waals surface area contributed by atoms with Crippen LogP contribution in [0.25, 0.3) is 10.8 Å². The quantitative estimate of drug-likeness (QED) is 0.890. The number of nitrogens with one attached hydrogen (secondary N) is 2. The Morgan fingerprint density at radius 3 is 2.48 bits per heavy atom. The third-order valence-corrected chi connectivity index (χ3v) is 3.61. The molecule has 21 heavy (non-hydrogen) atoms. The topological polar surface area (TPSA) is 41.1 Å². The maximum absolute atomic E-state index is 12.1. The van der Waals surface area contributed by atoms with Crippen LogP contribution in [0.2, 0.25) is 0 Å². The second kappa shape index (κ2) is 8.01. The van der Waals surface area contributed by atoms with E-state index < -0.39 is 0 Å². The van der Waals surface area contributed by atoms with Gasteiger partial charge in [0, 0.05) is 12.5 Å². The first kappa shape index (κ1) is 17.5. The molecule has 2 rings (SSSR count). The zero-order valence-corrected chi connectivity index (χ0v) is 13.5. The Bertz CT molecular complexity index is 595. The maximum atomic E-state index is 12.1. The summed E-state index contributed by atoms with van der Waals surface area (Å²) in [7, 11) is 1.86. The zero-order chi connectivity index (χ0) is 14.5. The summed E-state index contributed by atoms with van der Waals surface area (Å²) in [5.74, 6) is 0.0530. The second-order valence-corrected chi connectivity index (χ2v) is 5.26. The number of hydrogen-bond donors (Lipinski definition) is 2. The summed E-state index contributed by atoms with van der Waals surface area (Å²) in [4.78, 5) is 12.1. The Hall–Kier alpha value is -1.58. The van der Waals surface area contributed by atoms with E-state index in [1.54, 1.807) is 0 Å². The van der Waals surface area contributed by atoms with Crippen LogP contribution in [-0.4, -0.2) is 19.5 Å². The molecular weight excluding hydrogens is 284 g/mol. The van der Waals surface area contributed by atoms with Crippen molar-refractivity contribution in [3.05, 3.63) is 48.0 Å². The fourth-order valence-corrected chi connectivity index (χ4v) is 2.46. The molecule has 0 heterocycles. The fraction of sp³-hybridized carbons (Fsp3) is 0.353. The summed E-state index contributed by atoms with van der Waals surface area (Å²) in [5.41, 5.74) is 1.16. The average Bonchev–Trinajstić information content (AvgIpc) is 2.46. The van der Waals surface area contributed by atoms with Crippen molar-refractivity contribution in [2.45, 2.75) is 19.9 Å². The van der Waals surface area contributed by atoms with E-state index in [-0.39, 0.29) is 30.3 Å². The predicted octanol–water partition coefficient (Wildman–Crippen LogP) is 3.29. The van der Waals surface area contributed by atoms with Gasteiger partial charge in [0.05, 0.1) is 6.04 Å². The monoisotopic (exact) mass is 306 g/mol. The highest BCUT2D eigenvalue weighted by Crippen LogP contribution is 2.24. The minimum absolute atomic E-state index is 0. The van der Waals surface area contributed by atoms with Crippen molar-refractivity contribution in [2.75, 3.05) is 13.6 Å². The Balaban J connectivity index is 0.00000220. The van der Waals surface area contributed by atoms with Crippen LogP contribution in [0.5, 0.6) is 0 Å². The van der Waals surface area contributed by atoms with E-state index in [4.69, 9.17) is 0 Å². The van der Waals surface area contributed by atoms with Crippen LogP contribution >= 0.6 is 12.4 Å². The molecule has 0 radical (unpaired) electrons. The molecule has 0 saturated carbocycles. The van der Waals surface area contributed by atoms with Gasteiger partial charge >= 0.3 is 0 Å². The molecule has 0 aliphatic carbocycles. The lowest BCUT2D eigenvalue weighted by atomic mass is 9.99. The number of rotatable bonds is 5. The molecule has 0 spiro atoms. The van der Waals surface area contributed by atoms with Gasteiger partial charge in [-0.3, -0.25) is 4.79 Å². The number of benzene rings is 2. The van der Waals surface area contributed by atoms with Crippen LogP contribution in [0.15, 0.2) is 42.5 Å². The molecule has 2 unspecified atom stereocenters. The molecule has 0 aliphatic heterocycles. The van der Waals surface area contributed by atoms with E-state index in [0.717, 1.165) is 5.56 Å². The molecular formula is C17H23ClN2O. The van der Waals surface area contributed by atoms with E-state index in [1.807, 2.05) is 39.1 Å². The Labute approximate surface area is 132 Å². The van der Waals surface area contributed by atoms with Gasteiger partial charge in [0.15, 0.2) is 0 Å². The van der Waals surface area contributed by atoms with Gasteiger partial charge in [-0.05, 0) is 30.3 Å². The smallest absolute Gasteiger partial charge is 0.224 e. The number of amides is 1. The van der Waals surface area contributed by atoms with Crippen molar-refractivity contribution in [2.24, 2.45) is 5.92 Å². The normalized spacial score (nSPS) is 13.3. The standard InChI is InChI=1S/C17H22N2O.ClH/c1-12(11-18-3)17(20)19-13(2)15-10-6-8-14-7-4-5-9-16(14)15;/h4-10,12-13,18H,11H2,1-3H3,(H,19,20);1H. The van der Waals surface area contributed by atoms with Gasteiger partial charge in [0.1, 0.15) is 0 Å². The summed E-state index contributed by atoms with van der Waals surface area (Å²) < 4.78 is 0. The van der Waals surface area contributed by atoms with Crippen LogP contribution in [0.4, 0.5) is 0 Å². The molecule has 2 N–H and O–H groups in total. The molecule has 0 aromatic heterocycles. The lowest BCUT2D eigenvalue weighted by molar-refractivity contribution is -0.125. The Morgan fingerprint density at radius 1 is 1.10 bits per heavy atom. The van der Waals surface area contributed by atoms with Crippen molar-refractivity contribution in [3.8, 4) is 0 Å². The highest BCUT2D eigenvalue weighted by molar-refractivity contribution is 5.87. The first-order valence-corrected chi connectivity index (χ1v) is 7.06. The van der Waals surface area contributed by atoms with Gasteiger partial charge in [0.25, 0.3) is 0 Å². The lowest BCUT2D eigenvalue weighted by Crippen LogP contribution is -2.35. The number of carbonyl (C=O) groups excluding carboxylic acids is 1. The van der Waals surface area contributed by atoms with Crippen molar-refractivity contribution in [3.63, 3.8) is 0 Å². The van der Waals surface area contributed by atoms with Gasteiger partial charge in [-0.1, -0.05) is 49.4 Å². The van der Waals surface area contributed by atoms with Gasteiger partial charge in [0.2, 0.25) is 5.91 Å². The minimum Gasteiger partial charge on any atom is -0.349 e. The number of carbonyl (C=O) groups is 1. The Kier molecular flexibility index (Phi) is 6.66. The predicted molar refractivity (Wildman–Crippen MR) is 90.8 cm³/mol. The van der Waals surface area contributed by atoms with Gasteiger partial charge in [-0.25, -0.2) is 0 Å². The van der Waals surface area contributed by atoms with Crippen molar-refractivity contribution in [1.82, 2.24) is 10.6 Å². The highest BCUT2D eigenvalue weighted by Gasteiger charge is 2.16. The van der Waals surface area contributed by atoms with Crippen molar-refractivity contribution < 1.29 is 4.79 Å². The first-order chi connectivity index (χ1) is 9.63. The molecule has 2 aromatic carbocycles. The van der Waals surface area contributed by atoms with Crippen LogP contribution in [-0.2, 0) is 4.79 Å². The molecule has 0 fully saturated rings. The van der Waals surface area contributed by atoms with Crippen LogP contribution in [0.3, 0.4) is 0 Å². The van der Waals surface area contributed by atoms with E-state index in [0.29, 0.717) is 6.54 Å². The van der Waals surface area contributed by atoms with Gasteiger partial charge < -0.3 is 10.6 Å². The summed E-state index contributed by atoms with van der Waals surface area (Å²) in [6.45, 7) is 4.65. The van der Waals surface area contributed by atoms with E-state index in [2.05, 4.69) is 34.9 Å². The van der Waals surface area contributed by atoms with Crippen LogP contribution < -0.4 is 10.6 Å². The average molecular weight is 307 g/mol. The first-order valence-electron chi connectivity index (χ1n) is 7.06. The van der Waals surface area contributed by atoms with E-state index in [9.17, 15) is 4.79 Å². The largest absolute Gasteiger partial charge is 0.349 e. The second-order valence-electron chi connectivity index (χ2n) is 5.26. The number of halogens is 1. The SMILES string of the molecule is CNCC(C)C(=O)NC(C)c1cccc2ccccc12.Cl. The third kappa shape index (κ3) is 4.19. The summed E-state index contributed by atoms with van der Waals surface area (Å²) in [6.07, 6.45) is 0. The minimum atomic E-state index is -0.0302. The van der Waals surface area contributed by atoms with Gasteiger partial charge in [-0.2, -0.15) is 0 Å². The molecule has 2 aromatic rings. The molecule has 0 aliphatic rings. The summed E-state index contributed by atoms with van der Waals surface area (Å²) in [5, 5.41) is 8.53. The fourth-order valence-electron chi connectivity index (χ4n) is 2.46. The maximum Gasteiger partial charge on any atom is 0.224 e. The summed E-state index contributed by atoms with van der Waals surface area (Å²) >= 11 is 0. The van der Waals surface area contributed by atoms with Crippen LogP contribution in [0, 0.1) is 5.92 Å². The summed E-state index contributed by atoms with van der Waals surface area (Å²) in [6, 6.07) is 14.5. The third-order valence-electron chi connectivity index (χ3n) is 3.61. The van der Waals surface area contributed by atoms with E-state index >= 15 is 0 Å². The molecule has 4 heteroatoms. The van der Waals surface area contributed by atoms with E-state index in [1.165, 1.54) is 10.8 Å². The van der Waals surface area contributed by atoms with Crippen molar-refractivity contribution >= 4 is 29.1 Å². The molecule has 2 atom stereocenters. The molecule has 1 amide bonds. The molecule has 3 nitrogen and oxygen atoms in total. The number of fused-ring (bicyclic) bond motifs is 1. The zero-order valence-electron chi connectivity index (χ0n) is 12.7. The Morgan fingerprint density at radius 2 is 1.76 bits per heavy atom. The molecule has 0 bridgehead atoms. The van der Waals surface area contributed by atoms with Gasteiger partial charge in [-0.15, -0.1) is 12.4 Å².